The van der Waals surface area contributed by atoms with E-state index < -0.39 is 6.04 Å². The van der Waals surface area contributed by atoms with Crippen LogP contribution in [0, 0.1) is 0 Å². The zero-order chi connectivity index (χ0) is 14.6. The fourth-order valence-corrected chi connectivity index (χ4v) is 2.26. The van der Waals surface area contributed by atoms with E-state index in [1.165, 1.54) is 0 Å². The second-order valence-corrected chi connectivity index (χ2v) is 5.48. The Kier molecular flexibility index (Phi) is 8.52. The molecule has 0 fully saturated rings. The molecule has 0 saturated carbocycles. The minimum Gasteiger partial charge on any atom is -0.335 e. The van der Waals surface area contributed by atoms with E-state index in [4.69, 9.17) is 28.9 Å². The first-order valence-electron chi connectivity index (χ1n) is 6.39. The van der Waals surface area contributed by atoms with Gasteiger partial charge < -0.3 is 10.6 Å². The van der Waals surface area contributed by atoms with Gasteiger partial charge in [-0.05, 0) is 38.0 Å². The van der Waals surface area contributed by atoms with Crippen molar-refractivity contribution in [1.82, 2.24) is 4.90 Å². The molecule has 1 unspecified atom stereocenters. The third kappa shape index (κ3) is 4.81. The average molecular weight is 340 g/mol. The molecule has 0 radical (unpaired) electrons. The number of halogens is 3. The third-order valence-corrected chi connectivity index (χ3v) is 3.77. The Balaban J connectivity index is 0.00000361. The summed E-state index contributed by atoms with van der Waals surface area (Å²) in [6, 6.07) is 4.85. The monoisotopic (exact) mass is 338 g/mol. The van der Waals surface area contributed by atoms with Gasteiger partial charge in [0.05, 0.1) is 22.1 Å². The Morgan fingerprint density at radius 1 is 1.30 bits per heavy atom. The molecule has 0 spiro atoms. The SMILES string of the molecule is CCCN(C(=O)[C@H](C)N)C(C)c1ccc(Cl)c(Cl)c1.Cl. The van der Waals surface area contributed by atoms with Crippen molar-refractivity contribution in [2.75, 3.05) is 6.54 Å². The number of nitrogens with zero attached hydrogens (tertiary/aromatic N) is 1. The van der Waals surface area contributed by atoms with Gasteiger partial charge in [-0.2, -0.15) is 0 Å². The minimum atomic E-state index is -0.503. The number of benzene rings is 1. The van der Waals surface area contributed by atoms with Crippen LogP contribution in [-0.2, 0) is 4.79 Å². The van der Waals surface area contributed by atoms with Crippen molar-refractivity contribution in [1.29, 1.82) is 0 Å². The van der Waals surface area contributed by atoms with Crippen LogP contribution in [0.1, 0.15) is 38.8 Å². The molecule has 0 heterocycles. The maximum atomic E-state index is 12.1. The lowest BCUT2D eigenvalue weighted by Gasteiger charge is -2.31. The van der Waals surface area contributed by atoms with Crippen molar-refractivity contribution in [3.8, 4) is 0 Å². The summed E-state index contributed by atoms with van der Waals surface area (Å²) in [5.41, 5.74) is 6.65. The molecule has 2 N–H and O–H groups in total. The smallest absolute Gasteiger partial charge is 0.239 e. The quantitative estimate of drug-likeness (QED) is 0.879. The van der Waals surface area contributed by atoms with E-state index in [-0.39, 0.29) is 24.4 Å². The summed E-state index contributed by atoms with van der Waals surface area (Å²) in [5.74, 6) is -0.0552. The number of carbonyl (C=O) groups is 1. The van der Waals surface area contributed by atoms with Gasteiger partial charge in [0.1, 0.15) is 0 Å². The summed E-state index contributed by atoms with van der Waals surface area (Å²) in [6.45, 7) is 6.37. The van der Waals surface area contributed by atoms with E-state index in [1.807, 2.05) is 19.9 Å². The van der Waals surface area contributed by atoms with Crippen molar-refractivity contribution < 1.29 is 4.79 Å². The fraction of sp³-hybridized carbons (Fsp3) is 0.500. The predicted molar refractivity (Wildman–Crippen MR) is 87.8 cm³/mol. The molecule has 1 rings (SSSR count). The molecule has 3 nitrogen and oxygen atoms in total. The normalized spacial score (nSPS) is 13.3. The van der Waals surface area contributed by atoms with Gasteiger partial charge in [-0.15, -0.1) is 12.4 Å². The van der Waals surface area contributed by atoms with Crippen LogP contribution in [0.2, 0.25) is 10.0 Å². The summed E-state index contributed by atoms with van der Waals surface area (Å²) in [6.07, 6.45) is 0.879. The minimum absolute atomic E-state index is 0. The zero-order valence-electron chi connectivity index (χ0n) is 11.9. The van der Waals surface area contributed by atoms with E-state index in [2.05, 4.69) is 0 Å². The molecule has 0 bridgehead atoms. The van der Waals surface area contributed by atoms with Gasteiger partial charge in [0.25, 0.3) is 0 Å². The highest BCUT2D eigenvalue weighted by Gasteiger charge is 2.23. The molecule has 6 heteroatoms. The van der Waals surface area contributed by atoms with Crippen molar-refractivity contribution >= 4 is 41.5 Å². The lowest BCUT2D eigenvalue weighted by Crippen LogP contribution is -2.43. The standard InChI is InChI=1S/C14H20Cl2N2O.ClH/c1-4-7-18(14(19)9(2)17)10(3)11-5-6-12(15)13(16)8-11;/h5-6,8-10H,4,7,17H2,1-3H3;1H/t9-,10?;/m0./s1. The molecule has 0 aliphatic heterocycles. The molecular weight excluding hydrogens is 319 g/mol. The van der Waals surface area contributed by atoms with E-state index in [9.17, 15) is 4.79 Å². The summed E-state index contributed by atoms with van der Waals surface area (Å²) in [5, 5.41) is 1.01. The molecular formula is C14H21Cl3N2O. The summed E-state index contributed by atoms with van der Waals surface area (Å²) >= 11 is 11.9. The Morgan fingerprint density at radius 2 is 1.90 bits per heavy atom. The first kappa shape index (κ1) is 19.5. The van der Waals surface area contributed by atoms with E-state index in [0.717, 1.165) is 12.0 Å². The van der Waals surface area contributed by atoms with Crippen molar-refractivity contribution in [2.24, 2.45) is 5.73 Å². The lowest BCUT2D eigenvalue weighted by atomic mass is 10.1. The van der Waals surface area contributed by atoms with Crippen LogP contribution in [0.3, 0.4) is 0 Å². The zero-order valence-corrected chi connectivity index (χ0v) is 14.2. The highest BCUT2D eigenvalue weighted by atomic mass is 35.5. The molecule has 0 saturated heterocycles. The average Bonchev–Trinajstić information content (AvgIpc) is 2.37. The number of carbonyl (C=O) groups excluding carboxylic acids is 1. The molecule has 114 valence electrons. The number of nitrogens with two attached hydrogens (primary N) is 1. The first-order chi connectivity index (χ1) is 8.88. The van der Waals surface area contributed by atoms with Crippen LogP contribution in [0.5, 0.6) is 0 Å². The van der Waals surface area contributed by atoms with Crippen LogP contribution in [0.25, 0.3) is 0 Å². The lowest BCUT2D eigenvalue weighted by molar-refractivity contribution is -0.134. The topological polar surface area (TPSA) is 46.3 Å². The third-order valence-electron chi connectivity index (χ3n) is 3.03. The van der Waals surface area contributed by atoms with Crippen LogP contribution < -0.4 is 5.73 Å². The van der Waals surface area contributed by atoms with Gasteiger partial charge in [0.15, 0.2) is 0 Å². The van der Waals surface area contributed by atoms with Crippen molar-refractivity contribution in [3.63, 3.8) is 0 Å². The molecule has 0 aromatic heterocycles. The predicted octanol–water partition coefficient (Wildman–Crippen LogP) is 4.06. The van der Waals surface area contributed by atoms with Crippen molar-refractivity contribution in [2.45, 2.75) is 39.3 Å². The molecule has 0 aliphatic rings. The van der Waals surface area contributed by atoms with Gasteiger partial charge in [-0.25, -0.2) is 0 Å². The number of rotatable bonds is 5. The molecule has 1 amide bonds. The van der Waals surface area contributed by atoms with Gasteiger partial charge in [0.2, 0.25) is 5.91 Å². The maximum absolute atomic E-state index is 12.1. The van der Waals surface area contributed by atoms with E-state index >= 15 is 0 Å². The number of hydrogen-bond donors (Lipinski definition) is 1. The van der Waals surface area contributed by atoms with Crippen molar-refractivity contribution in [3.05, 3.63) is 33.8 Å². The largest absolute Gasteiger partial charge is 0.335 e. The van der Waals surface area contributed by atoms with Gasteiger partial charge in [-0.1, -0.05) is 36.2 Å². The van der Waals surface area contributed by atoms with E-state index in [0.29, 0.717) is 16.6 Å². The summed E-state index contributed by atoms with van der Waals surface area (Å²) < 4.78 is 0. The number of amides is 1. The molecule has 0 aliphatic carbocycles. The molecule has 1 aromatic rings. The van der Waals surface area contributed by atoms with Gasteiger partial charge >= 0.3 is 0 Å². The summed E-state index contributed by atoms with van der Waals surface area (Å²) in [7, 11) is 0. The summed E-state index contributed by atoms with van der Waals surface area (Å²) in [4.78, 5) is 13.9. The second kappa shape index (κ2) is 8.73. The second-order valence-electron chi connectivity index (χ2n) is 4.67. The van der Waals surface area contributed by atoms with Gasteiger partial charge in [0, 0.05) is 6.54 Å². The molecule has 1 aromatic carbocycles. The Bertz CT molecular complexity index is 452. The fourth-order valence-electron chi connectivity index (χ4n) is 1.95. The first-order valence-corrected chi connectivity index (χ1v) is 7.15. The van der Waals surface area contributed by atoms with E-state index in [1.54, 1.807) is 24.0 Å². The van der Waals surface area contributed by atoms with Crippen LogP contribution in [-0.4, -0.2) is 23.4 Å². The Hall–Kier alpha value is -0.480. The maximum Gasteiger partial charge on any atom is 0.239 e. The number of hydrogen-bond acceptors (Lipinski definition) is 2. The van der Waals surface area contributed by atoms with Crippen LogP contribution in [0.4, 0.5) is 0 Å². The van der Waals surface area contributed by atoms with Crippen LogP contribution >= 0.6 is 35.6 Å². The van der Waals surface area contributed by atoms with Gasteiger partial charge in [-0.3, -0.25) is 4.79 Å². The Labute approximate surface area is 136 Å². The highest BCUT2D eigenvalue weighted by molar-refractivity contribution is 6.42. The molecule has 2 atom stereocenters. The highest BCUT2D eigenvalue weighted by Crippen LogP contribution is 2.28. The Morgan fingerprint density at radius 3 is 2.35 bits per heavy atom. The molecule has 20 heavy (non-hydrogen) atoms. The van der Waals surface area contributed by atoms with Crippen LogP contribution in [0.15, 0.2) is 18.2 Å².